The van der Waals surface area contributed by atoms with Crippen molar-refractivity contribution in [3.63, 3.8) is 0 Å². The Labute approximate surface area is 199 Å². The van der Waals surface area contributed by atoms with E-state index in [0.717, 1.165) is 19.3 Å². The van der Waals surface area contributed by atoms with Gasteiger partial charge in [-0.1, -0.05) is 48.5 Å². The Morgan fingerprint density at radius 2 is 1.62 bits per heavy atom. The number of hydrogen-bond acceptors (Lipinski definition) is 4. The Balaban J connectivity index is 1.05. The lowest BCUT2D eigenvalue weighted by Gasteiger charge is -2.36. The monoisotopic (exact) mass is 462 g/mol. The Morgan fingerprint density at radius 1 is 0.971 bits per heavy atom. The highest BCUT2D eigenvalue weighted by Gasteiger charge is 2.37. The van der Waals surface area contributed by atoms with Crippen LogP contribution in [0.2, 0.25) is 0 Å². The van der Waals surface area contributed by atoms with Crippen molar-refractivity contribution in [3.8, 4) is 11.1 Å². The average molecular weight is 463 g/mol. The molecule has 2 aliphatic carbocycles. The normalized spacial score (nSPS) is 23.1. The molecule has 7 nitrogen and oxygen atoms in total. The summed E-state index contributed by atoms with van der Waals surface area (Å²) in [4.78, 5) is 37.7. The van der Waals surface area contributed by atoms with Crippen LogP contribution in [0.1, 0.15) is 49.1 Å². The van der Waals surface area contributed by atoms with Crippen molar-refractivity contribution in [2.24, 2.45) is 11.8 Å². The number of carbonyl (C=O) groups excluding carboxylic acids is 2. The predicted molar refractivity (Wildman–Crippen MR) is 126 cm³/mol. The number of amides is 2. The highest BCUT2D eigenvalue weighted by molar-refractivity contribution is 5.84. The van der Waals surface area contributed by atoms with E-state index in [4.69, 9.17) is 4.74 Å². The van der Waals surface area contributed by atoms with E-state index in [1.807, 2.05) is 24.3 Å². The minimum absolute atomic E-state index is 0.0393. The molecule has 3 aliphatic rings. The van der Waals surface area contributed by atoms with E-state index < -0.39 is 18.1 Å². The van der Waals surface area contributed by atoms with Gasteiger partial charge in [-0.3, -0.25) is 4.79 Å². The Morgan fingerprint density at radius 3 is 2.26 bits per heavy atom. The van der Waals surface area contributed by atoms with Gasteiger partial charge in [0.15, 0.2) is 0 Å². The maximum atomic E-state index is 12.5. The minimum atomic E-state index is -0.912. The number of fused-ring (bicyclic) bond motifs is 3. The van der Waals surface area contributed by atoms with E-state index in [-0.39, 0.29) is 17.7 Å². The first-order chi connectivity index (χ1) is 16.5. The maximum Gasteiger partial charge on any atom is 0.407 e. The minimum Gasteiger partial charge on any atom is -0.480 e. The van der Waals surface area contributed by atoms with Crippen LogP contribution in [0.3, 0.4) is 0 Å². The van der Waals surface area contributed by atoms with Crippen molar-refractivity contribution in [2.45, 2.75) is 44.1 Å². The second-order valence-electron chi connectivity index (χ2n) is 9.70. The fourth-order valence-corrected chi connectivity index (χ4v) is 5.77. The predicted octanol–water partition coefficient (Wildman–Crippen LogP) is 4.02. The van der Waals surface area contributed by atoms with Gasteiger partial charge in [-0.05, 0) is 59.8 Å². The van der Waals surface area contributed by atoms with Crippen LogP contribution in [-0.2, 0) is 14.3 Å². The second kappa shape index (κ2) is 9.49. The van der Waals surface area contributed by atoms with Gasteiger partial charge >= 0.3 is 12.1 Å². The summed E-state index contributed by atoms with van der Waals surface area (Å²) in [6.07, 6.45) is 2.99. The molecule has 5 rings (SSSR count). The molecule has 1 heterocycles. The van der Waals surface area contributed by atoms with Gasteiger partial charge < -0.3 is 20.1 Å². The van der Waals surface area contributed by atoms with Gasteiger partial charge in [0.25, 0.3) is 0 Å². The largest absolute Gasteiger partial charge is 0.480 e. The zero-order valence-corrected chi connectivity index (χ0v) is 19.1. The SMILES string of the molecule is O=C(NCC1CC(CC(=O)N2CCC[C@@H]2C(=O)O)C1)OCC1c2ccccc2-c2ccccc21. The maximum absolute atomic E-state index is 12.5. The second-order valence-corrected chi connectivity index (χ2v) is 9.70. The Kier molecular flexibility index (Phi) is 6.26. The first-order valence-corrected chi connectivity index (χ1v) is 12.1. The standard InChI is InChI=1S/C27H30N2O5/c30-25(29-11-5-10-24(29)26(31)32)14-17-12-18(13-17)15-28-27(33)34-16-23-21-8-3-1-6-19(21)20-7-2-4-9-22(20)23/h1-4,6-9,17-18,23-24H,5,10-16H2,(H,28,33)(H,31,32)/t17?,18?,24-/m1/s1. The summed E-state index contributed by atoms with van der Waals surface area (Å²) in [5.74, 6) is -0.344. The molecule has 2 amide bonds. The topological polar surface area (TPSA) is 95.9 Å². The van der Waals surface area contributed by atoms with E-state index in [9.17, 15) is 19.5 Å². The van der Waals surface area contributed by atoms with Crippen LogP contribution in [0.15, 0.2) is 48.5 Å². The zero-order valence-electron chi connectivity index (χ0n) is 19.1. The first kappa shape index (κ1) is 22.4. The number of likely N-dealkylation sites (tertiary alicyclic amines) is 1. The first-order valence-electron chi connectivity index (χ1n) is 12.1. The number of aliphatic carboxylic acids is 1. The number of nitrogens with zero attached hydrogens (tertiary/aromatic N) is 1. The molecule has 0 radical (unpaired) electrons. The summed E-state index contributed by atoms with van der Waals surface area (Å²) in [5, 5.41) is 12.1. The van der Waals surface area contributed by atoms with E-state index in [1.165, 1.54) is 27.2 Å². The number of benzene rings is 2. The number of carbonyl (C=O) groups is 3. The van der Waals surface area contributed by atoms with Crippen molar-refractivity contribution in [2.75, 3.05) is 19.7 Å². The van der Waals surface area contributed by atoms with Crippen molar-refractivity contribution >= 4 is 18.0 Å². The fourth-order valence-electron chi connectivity index (χ4n) is 5.77. The number of rotatable bonds is 7. The number of alkyl carbamates (subject to hydrolysis) is 1. The van der Waals surface area contributed by atoms with Gasteiger partial charge in [0.05, 0.1) is 0 Å². The summed E-state index contributed by atoms with van der Waals surface area (Å²) in [6.45, 7) is 1.36. The number of carboxylic acids is 1. The van der Waals surface area contributed by atoms with Gasteiger partial charge in [0.2, 0.25) is 5.91 Å². The lowest BCUT2D eigenvalue weighted by Crippen LogP contribution is -2.43. The molecular formula is C27H30N2O5. The molecule has 7 heteroatoms. The van der Waals surface area contributed by atoms with Crippen LogP contribution >= 0.6 is 0 Å². The molecule has 2 N–H and O–H groups in total. The molecule has 1 aliphatic heterocycles. The van der Waals surface area contributed by atoms with E-state index in [0.29, 0.717) is 38.5 Å². The number of carboxylic acid groups (broad SMARTS) is 1. The highest BCUT2D eigenvalue weighted by atomic mass is 16.5. The molecule has 2 aromatic rings. The summed E-state index contributed by atoms with van der Waals surface area (Å²) < 4.78 is 5.59. The van der Waals surface area contributed by atoms with Crippen LogP contribution in [0.4, 0.5) is 4.79 Å². The molecule has 1 saturated heterocycles. The summed E-state index contributed by atoms with van der Waals surface area (Å²) in [5.41, 5.74) is 4.77. The Bertz CT molecular complexity index is 1050. The smallest absolute Gasteiger partial charge is 0.407 e. The van der Waals surface area contributed by atoms with Crippen molar-refractivity contribution in [3.05, 3.63) is 59.7 Å². The van der Waals surface area contributed by atoms with Crippen LogP contribution in [-0.4, -0.2) is 53.7 Å². The van der Waals surface area contributed by atoms with Gasteiger partial charge in [-0.25, -0.2) is 9.59 Å². The Hall–Kier alpha value is -3.35. The van der Waals surface area contributed by atoms with Gasteiger partial charge in [-0.15, -0.1) is 0 Å². The average Bonchev–Trinajstić information content (AvgIpc) is 3.43. The van der Waals surface area contributed by atoms with Crippen molar-refractivity contribution in [1.29, 1.82) is 0 Å². The molecule has 178 valence electrons. The van der Waals surface area contributed by atoms with E-state index >= 15 is 0 Å². The zero-order chi connectivity index (χ0) is 23.7. The summed E-state index contributed by atoms with van der Waals surface area (Å²) in [6, 6.07) is 15.8. The molecule has 34 heavy (non-hydrogen) atoms. The quantitative estimate of drug-likeness (QED) is 0.648. The number of nitrogens with one attached hydrogen (secondary N) is 1. The van der Waals surface area contributed by atoms with Gasteiger partial charge in [0.1, 0.15) is 12.6 Å². The third-order valence-corrected chi connectivity index (χ3v) is 7.53. The van der Waals surface area contributed by atoms with Crippen LogP contribution in [0.5, 0.6) is 0 Å². The third-order valence-electron chi connectivity index (χ3n) is 7.53. The molecule has 1 saturated carbocycles. The summed E-state index contributed by atoms with van der Waals surface area (Å²) >= 11 is 0. The molecule has 2 fully saturated rings. The van der Waals surface area contributed by atoms with Gasteiger partial charge in [-0.2, -0.15) is 0 Å². The van der Waals surface area contributed by atoms with E-state index in [2.05, 4.69) is 29.6 Å². The van der Waals surface area contributed by atoms with Crippen LogP contribution < -0.4 is 5.32 Å². The molecule has 0 spiro atoms. The lowest BCUT2D eigenvalue weighted by molar-refractivity contribution is -0.149. The van der Waals surface area contributed by atoms with Crippen LogP contribution in [0, 0.1) is 11.8 Å². The van der Waals surface area contributed by atoms with E-state index in [1.54, 1.807) is 0 Å². The molecular weight excluding hydrogens is 432 g/mol. The van der Waals surface area contributed by atoms with Gasteiger partial charge in [0, 0.05) is 25.4 Å². The fraction of sp³-hybridized carbons (Fsp3) is 0.444. The molecule has 1 atom stereocenters. The number of ether oxygens (including phenoxy) is 1. The van der Waals surface area contributed by atoms with Crippen molar-refractivity contribution in [1.82, 2.24) is 10.2 Å². The third kappa shape index (κ3) is 4.39. The summed E-state index contributed by atoms with van der Waals surface area (Å²) in [7, 11) is 0. The molecule has 2 aromatic carbocycles. The van der Waals surface area contributed by atoms with Crippen LogP contribution in [0.25, 0.3) is 11.1 Å². The highest BCUT2D eigenvalue weighted by Crippen LogP contribution is 2.44. The number of hydrogen-bond donors (Lipinski definition) is 2. The lowest BCUT2D eigenvalue weighted by atomic mass is 9.73. The molecule has 0 bridgehead atoms. The molecule has 0 aromatic heterocycles. The van der Waals surface area contributed by atoms with Crippen molar-refractivity contribution < 1.29 is 24.2 Å². The molecule has 0 unspecified atom stereocenters.